The number of hydrogen-bond acceptors (Lipinski definition) is 3. The molecule has 0 fully saturated rings. The summed E-state index contributed by atoms with van der Waals surface area (Å²) in [4.78, 5) is 6.57. The Bertz CT molecular complexity index is 2260. The molecule has 3 heteroatoms. The first-order valence-corrected chi connectivity index (χ1v) is 14.2. The van der Waals surface area contributed by atoms with E-state index in [1.54, 1.807) is 6.20 Å². The molecule has 0 unspecified atom stereocenters. The molecule has 2 heterocycles. The number of rotatable bonds is 4. The zero-order valence-electron chi connectivity index (χ0n) is 22.7. The highest BCUT2D eigenvalue weighted by atomic mass is 16.3. The molecule has 0 aliphatic heterocycles. The molecule has 0 saturated carbocycles. The van der Waals surface area contributed by atoms with Crippen LogP contribution in [0.15, 0.2) is 150 Å². The first-order valence-electron chi connectivity index (χ1n) is 14.2. The molecule has 0 atom stereocenters. The minimum absolute atomic E-state index is 0.862. The maximum Gasteiger partial charge on any atom is 0.137 e. The normalized spacial score (nSPS) is 11.8. The highest BCUT2D eigenvalue weighted by molar-refractivity contribution is 6.16. The molecular formula is C39H24N2O. The van der Waals surface area contributed by atoms with Gasteiger partial charge in [-0.15, -0.1) is 0 Å². The van der Waals surface area contributed by atoms with Crippen molar-refractivity contribution in [3.8, 4) is 33.4 Å². The van der Waals surface area contributed by atoms with Gasteiger partial charge in [0.2, 0.25) is 0 Å². The van der Waals surface area contributed by atoms with E-state index < -0.39 is 0 Å². The Hall–Kier alpha value is -5.67. The lowest BCUT2D eigenvalue weighted by Crippen LogP contribution is -2.09. The van der Waals surface area contributed by atoms with E-state index in [1.165, 1.54) is 38.6 Å². The Morgan fingerprint density at radius 3 is 2.00 bits per heavy atom. The number of aromatic nitrogens is 1. The first kappa shape index (κ1) is 23.1. The number of anilines is 3. The van der Waals surface area contributed by atoms with E-state index in [0.29, 0.717) is 0 Å². The van der Waals surface area contributed by atoms with Crippen LogP contribution in [-0.4, -0.2) is 4.98 Å². The summed E-state index contributed by atoms with van der Waals surface area (Å²) in [6.45, 7) is 0. The Morgan fingerprint density at radius 2 is 1.19 bits per heavy atom. The van der Waals surface area contributed by atoms with Crippen molar-refractivity contribution in [2.45, 2.75) is 0 Å². The van der Waals surface area contributed by atoms with E-state index in [-0.39, 0.29) is 0 Å². The molecule has 0 N–H and O–H groups in total. The van der Waals surface area contributed by atoms with Crippen molar-refractivity contribution in [1.29, 1.82) is 0 Å². The maximum atomic E-state index is 6.52. The molecule has 196 valence electrons. The van der Waals surface area contributed by atoms with E-state index >= 15 is 0 Å². The average Bonchev–Trinajstić information content (AvgIpc) is 3.58. The fourth-order valence-corrected chi connectivity index (χ4v) is 6.57. The quantitative estimate of drug-likeness (QED) is 0.224. The second-order valence-corrected chi connectivity index (χ2v) is 10.8. The maximum absolute atomic E-state index is 6.52. The Balaban J connectivity index is 1.15. The zero-order chi connectivity index (χ0) is 27.6. The SMILES string of the molecule is c1ccc(N(c2cccnc2)c2ccc3c(c2)oc2cc(-c4ccc5c(c4)-c4cccc6cccc-5c46)ccc23)cc1. The first-order chi connectivity index (χ1) is 20.8. The van der Waals surface area contributed by atoms with E-state index in [9.17, 15) is 0 Å². The van der Waals surface area contributed by atoms with Crippen LogP contribution in [0.2, 0.25) is 0 Å². The van der Waals surface area contributed by atoms with E-state index in [1.807, 2.05) is 18.3 Å². The summed E-state index contributed by atoms with van der Waals surface area (Å²) in [6.07, 6.45) is 3.69. The zero-order valence-corrected chi connectivity index (χ0v) is 22.7. The fraction of sp³-hybridized carbons (Fsp3) is 0. The lowest BCUT2D eigenvalue weighted by molar-refractivity contribution is 0.669. The van der Waals surface area contributed by atoms with Gasteiger partial charge in [-0.3, -0.25) is 4.98 Å². The van der Waals surface area contributed by atoms with Crippen LogP contribution in [0, 0.1) is 0 Å². The van der Waals surface area contributed by atoms with Gasteiger partial charge < -0.3 is 9.32 Å². The van der Waals surface area contributed by atoms with Gasteiger partial charge in [0.05, 0.1) is 11.9 Å². The van der Waals surface area contributed by atoms with Crippen molar-refractivity contribution in [3.05, 3.63) is 146 Å². The molecule has 0 saturated heterocycles. The molecule has 0 spiro atoms. The van der Waals surface area contributed by atoms with Crippen LogP contribution < -0.4 is 4.90 Å². The van der Waals surface area contributed by atoms with Crippen LogP contribution in [0.5, 0.6) is 0 Å². The van der Waals surface area contributed by atoms with E-state index in [0.717, 1.165) is 44.6 Å². The van der Waals surface area contributed by atoms with Gasteiger partial charge >= 0.3 is 0 Å². The number of hydrogen-bond donors (Lipinski definition) is 0. The van der Waals surface area contributed by atoms with Crippen molar-refractivity contribution in [2.75, 3.05) is 4.90 Å². The summed E-state index contributed by atoms with van der Waals surface area (Å²) in [7, 11) is 0. The smallest absolute Gasteiger partial charge is 0.137 e. The number of benzene rings is 6. The van der Waals surface area contributed by atoms with Crippen molar-refractivity contribution in [1.82, 2.24) is 4.98 Å². The predicted octanol–water partition coefficient (Wildman–Crippen LogP) is 10.9. The van der Waals surface area contributed by atoms with Crippen LogP contribution in [0.4, 0.5) is 17.1 Å². The molecule has 8 aromatic rings. The highest BCUT2D eigenvalue weighted by Gasteiger charge is 2.22. The van der Waals surface area contributed by atoms with Gasteiger partial charge in [-0.1, -0.05) is 72.8 Å². The van der Waals surface area contributed by atoms with Gasteiger partial charge in [0.1, 0.15) is 11.2 Å². The van der Waals surface area contributed by atoms with Crippen LogP contribution in [0.3, 0.4) is 0 Å². The van der Waals surface area contributed by atoms with Gasteiger partial charge in [-0.25, -0.2) is 0 Å². The summed E-state index contributed by atoms with van der Waals surface area (Å²) in [5.41, 5.74) is 12.4. The van der Waals surface area contributed by atoms with Gasteiger partial charge in [-0.05, 0) is 98.8 Å². The number of nitrogens with zero attached hydrogens (tertiary/aromatic N) is 2. The number of pyridine rings is 1. The van der Waals surface area contributed by atoms with Crippen molar-refractivity contribution < 1.29 is 4.42 Å². The third-order valence-corrected chi connectivity index (χ3v) is 8.47. The lowest BCUT2D eigenvalue weighted by Gasteiger charge is -2.24. The van der Waals surface area contributed by atoms with E-state index in [2.05, 4.69) is 131 Å². The molecule has 0 radical (unpaired) electrons. The monoisotopic (exact) mass is 536 g/mol. The van der Waals surface area contributed by atoms with Crippen LogP contribution >= 0.6 is 0 Å². The van der Waals surface area contributed by atoms with Crippen molar-refractivity contribution in [2.24, 2.45) is 0 Å². The largest absolute Gasteiger partial charge is 0.456 e. The summed E-state index contributed by atoms with van der Waals surface area (Å²) in [5, 5.41) is 4.87. The Kier molecular flexibility index (Phi) is 4.90. The van der Waals surface area contributed by atoms with E-state index in [4.69, 9.17) is 4.42 Å². The summed E-state index contributed by atoms with van der Waals surface area (Å²) in [5.74, 6) is 0. The van der Waals surface area contributed by atoms with Crippen LogP contribution in [0.1, 0.15) is 0 Å². The second kappa shape index (κ2) is 8.92. The highest BCUT2D eigenvalue weighted by Crippen LogP contribution is 2.48. The fourth-order valence-electron chi connectivity index (χ4n) is 6.57. The number of furan rings is 1. The van der Waals surface area contributed by atoms with Gasteiger partial charge in [-0.2, -0.15) is 0 Å². The minimum Gasteiger partial charge on any atom is -0.456 e. The second-order valence-electron chi connectivity index (χ2n) is 10.8. The standard InChI is InChI=1S/C39H24N2O/c1-2-9-28(10-3-1)41(30-11-6-20-40-24-30)29-16-19-33-32-18-15-27(22-37(32)42-38(33)23-29)26-14-17-31-34-12-4-7-25-8-5-13-35(39(25)34)36(31)21-26/h1-24H. The molecule has 2 aromatic heterocycles. The average molecular weight is 537 g/mol. The number of fused-ring (bicyclic) bond motifs is 6. The lowest BCUT2D eigenvalue weighted by atomic mass is 9.97. The number of para-hydroxylation sites is 1. The summed E-state index contributed by atoms with van der Waals surface area (Å²) >= 11 is 0. The molecule has 6 aromatic carbocycles. The molecule has 3 nitrogen and oxygen atoms in total. The van der Waals surface area contributed by atoms with Crippen LogP contribution in [-0.2, 0) is 0 Å². The predicted molar refractivity (Wildman–Crippen MR) is 174 cm³/mol. The third kappa shape index (κ3) is 3.44. The molecule has 42 heavy (non-hydrogen) atoms. The summed E-state index contributed by atoms with van der Waals surface area (Å²) < 4.78 is 6.52. The topological polar surface area (TPSA) is 29.3 Å². The van der Waals surface area contributed by atoms with Gasteiger partial charge in [0.15, 0.2) is 0 Å². The van der Waals surface area contributed by atoms with Crippen LogP contribution in [0.25, 0.3) is 66.1 Å². The minimum atomic E-state index is 0.862. The molecule has 0 amide bonds. The molecule has 0 bridgehead atoms. The molecule has 9 rings (SSSR count). The Labute approximate surface area is 242 Å². The summed E-state index contributed by atoms with van der Waals surface area (Å²) in [6, 6.07) is 47.4. The Morgan fingerprint density at radius 1 is 0.476 bits per heavy atom. The third-order valence-electron chi connectivity index (χ3n) is 8.47. The van der Waals surface area contributed by atoms with Crippen molar-refractivity contribution in [3.63, 3.8) is 0 Å². The van der Waals surface area contributed by atoms with Gasteiger partial charge in [0, 0.05) is 34.4 Å². The molecular weight excluding hydrogens is 512 g/mol. The molecule has 1 aliphatic rings. The van der Waals surface area contributed by atoms with Crippen molar-refractivity contribution >= 4 is 49.8 Å². The van der Waals surface area contributed by atoms with Gasteiger partial charge in [0.25, 0.3) is 0 Å². The molecule has 1 aliphatic carbocycles.